The Morgan fingerprint density at radius 2 is 2.40 bits per heavy atom. The summed E-state index contributed by atoms with van der Waals surface area (Å²) < 4.78 is 5.46. The first-order chi connectivity index (χ1) is 9.47. The van der Waals surface area contributed by atoms with Gasteiger partial charge < -0.3 is 15.8 Å². The Morgan fingerprint density at radius 1 is 1.65 bits per heavy atom. The average Bonchev–Trinajstić information content (AvgIpc) is 2.85. The van der Waals surface area contributed by atoms with E-state index in [9.17, 15) is 14.9 Å². The topological polar surface area (TPSA) is 120 Å². The van der Waals surface area contributed by atoms with E-state index in [1.165, 1.54) is 6.20 Å². The van der Waals surface area contributed by atoms with Crippen molar-refractivity contribution < 1.29 is 14.5 Å². The lowest BCUT2D eigenvalue weighted by atomic mass is 10.2. The number of nitro groups is 1. The molecular formula is C12H16N4O4. The molecule has 3 N–H and O–H groups in total. The largest absolute Gasteiger partial charge is 0.367 e. The van der Waals surface area contributed by atoms with Gasteiger partial charge >= 0.3 is 0 Å². The standard InChI is InChI=1S/C12H16N4O4/c1-7-4-11(15-6-9(7)16(18)19)14-5-8-2-3-10(20-8)12(13)17/h4,6,8,10H,2-3,5H2,1H3,(H2,13,17)(H,14,15)/t8-,10+/m1/s1. The van der Waals surface area contributed by atoms with Gasteiger partial charge in [0, 0.05) is 12.1 Å². The molecule has 1 aliphatic heterocycles. The first-order valence-corrected chi connectivity index (χ1v) is 6.27. The number of anilines is 1. The monoisotopic (exact) mass is 280 g/mol. The molecule has 1 saturated heterocycles. The first kappa shape index (κ1) is 14.2. The molecule has 0 saturated carbocycles. The van der Waals surface area contributed by atoms with Gasteiger partial charge in [0.2, 0.25) is 5.91 Å². The fourth-order valence-electron chi connectivity index (χ4n) is 2.12. The van der Waals surface area contributed by atoms with Gasteiger partial charge in [-0.15, -0.1) is 0 Å². The molecule has 2 atom stereocenters. The fraction of sp³-hybridized carbons (Fsp3) is 0.500. The molecule has 2 heterocycles. The van der Waals surface area contributed by atoms with Gasteiger partial charge in [0.1, 0.15) is 18.1 Å². The van der Waals surface area contributed by atoms with Crippen molar-refractivity contribution in [2.45, 2.75) is 32.0 Å². The second kappa shape index (κ2) is 5.83. The van der Waals surface area contributed by atoms with Crippen LogP contribution in [0.2, 0.25) is 0 Å². The summed E-state index contributed by atoms with van der Waals surface area (Å²) in [4.78, 5) is 25.2. The maximum absolute atomic E-state index is 11.0. The Bertz CT molecular complexity index is 534. The molecular weight excluding hydrogens is 264 g/mol. The smallest absolute Gasteiger partial charge is 0.290 e. The van der Waals surface area contributed by atoms with Crippen LogP contribution in [0.1, 0.15) is 18.4 Å². The predicted octanol–water partition coefficient (Wildman–Crippen LogP) is 0.743. The minimum atomic E-state index is -0.520. The van der Waals surface area contributed by atoms with Gasteiger partial charge in [-0.1, -0.05) is 0 Å². The number of primary amides is 1. The van der Waals surface area contributed by atoms with Crippen LogP contribution in [0.5, 0.6) is 0 Å². The number of hydrogen-bond acceptors (Lipinski definition) is 6. The maximum atomic E-state index is 11.0. The summed E-state index contributed by atoms with van der Waals surface area (Å²) in [6, 6.07) is 1.61. The zero-order chi connectivity index (χ0) is 14.7. The van der Waals surface area contributed by atoms with Crippen LogP contribution in [0.3, 0.4) is 0 Å². The molecule has 8 nitrogen and oxygen atoms in total. The van der Waals surface area contributed by atoms with Crippen molar-refractivity contribution in [2.24, 2.45) is 5.73 Å². The third-order valence-electron chi connectivity index (χ3n) is 3.22. The van der Waals surface area contributed by atoms with E-state index in [1.54, 1.807) is 13.0 Å². The van der Waals surface area contributed by atoms with Gasteiger partial charge in [0.05, 0.1) is 11.0 Å². The van der Waals surface area contributed by atoms with Crippen molar-refractivity contribution in [1.29, 1.82) is 0 Å². The van der Waals surface area contributed by atoms with Crippen molar-refractivity contribution >= 4 is 17.4 Å². The summed E-state index contributed by atoms with van der Waals surface area (Å²) in [5.41, 5.74) is 5.70. The second-order valence-corrected chi connectivity index (χ2v) is 4.72. The van der Waals surface area contributed by atoms with Crippen LogP contribution in [0.4, 0.5) is 11.5 Å². The normalized spacial score (nSPS) is 21.6. The zero-order valence-electron chi connectivity index (χ0n) is 11.0. The lowest BCUT2D eigenvalue weighted by Gasteiger charge is -2.13. The third-order valence-corrected chi connectivity index (χ3v) is 3.22. The molecule has 2 rings (SSSR count). The zero-order valence-corrected chi connectivity index (χ0v) is 11.0. The maximum Gasteiger partial charge on any atom is 0.290 e. The highest BCUT2D eigenvalue weighted by Gasteiger charge is 2.28. The van der Waals surface area contributed by atoms with Gasteiger partial charge in [-0.05, 0) is 25.8 Å². The number of ether oxygens (including phenoxy) is 1. The molecule has 0 spiro atoms. The number of aryl methyl sites for hydroxylation is 1. The number of hydrogen-bond donors (Lipinski definition) is 2. The first-order valence-electron chi connectivity index (χ1n) is 6.27. The van der Waals surface area contributed by atoms with E-state index >= 15 is 0 Å². The number of carbonyl (C=O) groups excluding carboxylic acids is 1. The number of nitrogens with one attached hydrogen (secondary N) is 1. The second-order valence-electron chi connectivity index (χ2n) is 4.72. The molecule has 108 valence electrons. The Balaban J connectivity index is 1.90. The van der Waals surface area contributed by atoms with Gasteiger partial charge in [0.25, 0.3) is 5.69 Å². The molecule has 8 heteroatoms. The Hall–Kier alpha value is -2.22. The number of rotatable bonds is 5. The van der Waals surface area contributed by atoms with Crippen LogP contribution in [-0.2, 0) is 9.53 Å². The summed E-state index contributed by atoms with van der Waals surface area (Å²) in [6.45, 7) is 2.13. The molecule has 1 aliphatic rings. The molecule has 1 amide bonds. The molecule has 1 aromatic rings. The fourth-order valence-corrected chi connectivity index (χ4v) is 2.12. The van der Waals surface area contributed by atoms with E-state index in [0.717, 1.165) is 6.42 Å². The number of nitrogens with zero attached hydrogens (tertiary/aromatic N) is 2. The highest BCUT2D eigenvalue weighted by Crippen LogP contribution is 2.21. The van der Waals surface area contributed by atoms with E-state index < -0.39 is 16.9 Å². The summed E-state index contributed by atoms with van der Waals surface area (Å²) >= 11 is 0. The van der Waals surface area contributed by atoms with E-state index in [-0.39, 0.29) is 11.8 Å². The van der Waals surface area contributed by atoms with Crippen LogP contribution in [0.15, 0.2) is 12.3 Å². The minimum Gasteiger partial charge on any atom is -0.367 e. The molecule has 0 aromatic carbocycles. The highest BCUT2D eigenvalue weighted by atomic mass is 16.6. The molecule has 0 bridgehead atoms. The van der Waals surface area contributed by atoms with Crippen LogP contribution in [-0.4, -0.2) is 34.6 Å². The summed E-state index contributed by atoms with van der Waals surface area (Å²) in [7, 11) is 0. The summed E-state index contributed by atoms with van der Waals surface area (Å²) in [5.74, 6) is 0.0935. The van der Waals surface area contributed by atoms with Crippen LogP contribution < -0.4 is 11.1 Å². The Kier molecular flexibility index (Phi) is 4.14. The molecule has 20 heavy (non-hydrogen) atoms. The van der Waals surface area contributed by atoms with Crippen LogP contribution in [0.25, 0.3) is 0 Å². The third kappa shape index (κ3) is 3.21. The van der Waals surface area contributed by atoms with E-state index in [1.807, 2.05) is 0 Å². The minimum absolute atomic E-state index is 0.0125. The Morgan fingerprint density at radius 3 is 2.95 bits per heavy atom. The lowest BCUT2D eigenvalue weighted by Crippen LogP contribution is -2.30. The number of pyridine rings is 1. The molecule has 1 fully saturated rings. The van der Waals surface area contributed by atoms with Gasteiger partial charge in [-0.3, -0.25) is 14.9 Å². The van der Waals surface area contributed by atoms with E-state index in [4.69, 9.17) is 10.5 Å². The van der Waals surface area contributed by atoms with Crippen molar-refractivity contribution in [1.82, 2.24) is 4.98 Å². The van der Waals surface area contributed by atoms with Crippen molar-refractivity contribution in [3.8, 4) is 0 Å². The van der Waals surface area contributed by atoms with Gasteiger partial charge in [-0.25, -0.2) is 4.98 Å². The van der Waals surface area contributed by atoms with Gasteiger partial charge in [0.15, 0.2) is 0 Å². The summed E-state index contributed by atoms with van der Waals surface area (Å²) in [6.07, 6.45) is 1.96. The van der Waals surface area contributed by atoms with Gasteiger partial charge in [-0.2, -0.15) is 0 Å². The number of nitrogens with two attached hydrogens (primary N) is 1. The average molecular weight is 280 g/mol. The molecule has 0 unspecified atom stereocenters. The highest BCUT2D eigenvalue weighted by molar-refractivity contribution is 5.79. The lowest BCUT2D eigenvalue weighted by molar-refractivity contribution is -0.385. The van der Waals surface area contributed by atoms with E-state index in [2.05, 4.69) is 10.3 Å². The number of amides is 1. The van der Waals surface area contributed by atoms with Crippen molar-refractivity contribution in [3.05, 3.63) is 27.9 Å². The van der Waals surface area contributed by atoms with Crippen LogP contribution in [0, 0.1) is 17.0 Å². The number of aromatic nitrogens is 1. The van der Waals surface area contributed by atoms with Crippen molar-refractivity contribution in [2.75, 3.05) is 11.9 Å². The Labute approximate surface area is 115 Å². The molecule has 0 aliphatic carbocycles. The van der Waals surface area contributed by atoms with Crippen LogP contribution >= 0.6 is 0 Å². The van der Waals surface area contributed by atoms with Crippen molar-refractivity contribution in [3.63, 3.8) is 0 Å². The quantitative estimate of drug-likeness (QED) is 0.606. The number of carbonyl (C=O) groups is 1. The van der Waals surface area contributed by atoms with E-state index in [0.29, 0.717) is 24.3 Å². The molecule has 0 radical (unpaired) electrons. The summed E-state index contributed by atoms with van der Waals surface area (Å²) in [5, 5.41) is 13.7. The predicted molar refractivity (Wildman–Crippen MR) is 71.2 cm³/mol. The SMILES string of the molecule is Cc1cc(NC[C@H]2CC[C@@H](C(N)=O)O2)ncc1[N+](=O)[O-]. The molecule has 1 aromatic heterocycles.